The molecule has 3 aromatic carbocycles. The minimum Gasteiger partial charge on any atom is -0.497 e. The van der Waals surface area contributed by atoms with Crippen LogP contribution >= 0.6 is 23.2 Å². The van der Waals surface area contributed by atoms with Crippen LogP contribution in [0.1, 0.15) is 5.56 Å². The maximum atomic E-state index is 13.1. The highest BCUT2D eigenvalue weighted by Gasteiger charge is 2.37. The molecule has 1 aliphatic heterocycles. The van der Waals surface area contributed by atoms with Crippen LogP contribution in [0.25, 0.3) is 6.08 Å². The van der Waals surface area contributed by atoms with Gasteiger partial charge in [-0.15, -0.1) is 0 Å². The zero-order valence-electron chi connectivity index (χ0n) is 20.6. The highest BCUT2D eigenvalue weighted by atomic mass is 35.5. The van der Waals surface area contributed by atoms with E-state index in [1.807, 2.05) is 0 Å². The second kappa shape index (κ2) is 11.9. The van der Waals surface area contributed by atoms with E-state index in [2.05, 4.69) is 10.6 Å². The van der Waals surface area contributed by atoms with Crippen molar-refractivity contribution in [2.24, 2.45) is 0 Å². The van der Waals surface area contributed by atoms with Gasteiger partial charge in [-0.3, -0.25) is 19.7 Å². The van der Waals surface area contributed by atoms with Gasteiger partial charge in [-0.25, -0.2) is 9.69 Å². The molecule has 0 saturated carbocycles. The number of carbonyl (C=O) groups excluding carboxylic acids is 4. The number of halogens is 2. The molecule has 12 heteroatoms. The first-order valence-electron chi connectivity index (χ1n) is 11.3. The summed E-state index contributed by atoms with van der Waals surface area (Å²) >= 11 is 12.0. The van der Waals surface area contributed by atoms with Gasteiger partial charge in [0.25, 0.3) is 17.7 Å². The lowest BCUT2D eigenvalue weighted by Gasteiger charge is -2.26. The largest absolute Gasteiger partial charge is 0.497 e. The Morgan fingerprint density at radius 2 is 1.67 bits per heavy atom. The topological polar surface area (TPSA) is 123 Å². The highest BCUT2D eigenvalue weighted by Crippen LogP contribution is 2.31. The summed E-state index contributed by atoms with van der Waals surface area (Å²) in [5.41, 5.74) is 0.820. The summed E-state index contributed by atoms with van der Waals surface area (Å²) < 4.78 is 16.0. The van der Waals surface area contributed by atoms with Crippen molar-refractivity contribution >= 4 is 64.4 Å². The molecule has 0 bridgehead atoms. The smallest absolute Gasteiger partial charge is 0.335 e. The molecule has 0 aromatic heterocycles. The molecule has 0 spiro atoms. The molecule has 0 aliphatic carbocycles. The lowest BCUT2D eigenvalue weighted by Crippen LogP contribution is -2.54. The molecule has 0 atom stereocenters. The number of imide groups is 2. The molecule has 2 N–H and O–H groups in total. The van der Waals surface area contributed by atoms with E-state index in [9.17, 15) is 19.2 Å². The number of anilines is 2. The maximum absolute atomic E-state index is 13.1. The first-order valence-corrected chi connectivity index (χ1v) is 12.1. The Hall–Kier alpha value is -4.54. The van der Waals surface area contributed by atoms with E-state index in [0.29, 0.717) is 17.0 Å². The summed E-state index contributed by atoms with van der Waals surface area (Å²) in [6.07, 6.45) is 1.30. The van der Waals surface area contributed by atoms with Crippen molar-refractivity contribution < 1.29 is 33.4 Å². The average molecular weight is 570 g/mol. The molecule has 10 nitrogen and oxygen atoms in total. The van der Waals surface area contributed by atoms with Crippen LogP contribution in [0, 0.1) is 0 Å². The van der Waals surface area contributed by atoms with Crippen molar-refractivity contribution in [3.8, 4) is 17.2 Å². The van der Waals surface area contributed by atoms with Crippen LogP contribution in [0.5, 0.6) is 17.2 Å². The van der Waals surface area contributed by atoms with Crippen molar-refractivity contribution in [3.63, 3.8) is 0 Å². The van der Waals surface area contributed by atoms with Crippen molar-refractivity contribution in [1.82, 2.24) is 5.32 Å². The van der Waals surface area contributed by atoms with Crippen molar-refractivity contribution in [3.05, 3.63) is 81.8 Å². The predicted molar refractivity (Wildman–Crippen MR) is 146 cm³/mol. The number of hydrogen-bond acceptors (Lipinski definition) is 7. The lowest BCUT2D eigenvalue weighted by molar-refractivity contribution is -0.122. The van der Waals surface area contributed by atoms with E-state index in [1.165, 1.54) is 43.5 Å². The Labute approximate surface area is 233 Å². The van der Waals surface area contributed by atoms with Gasteiger partial charge in [-0.05, 0) is 66.2 Å². The third-order valence-electron chi connectivity index (χ3n) is 5.49. The monoisotopic (exact) mass is 569 g/mol. The van der Waals surface area contributed by atoms with Gasteiger partial charge in [0, 0.05) is 5.69 Å². The van der Waals surface area contributed by atoms with Crippen molar-refractivity contribution in [2.45, 2.75) is 0 Å². The summed E-state index contributed by atoms with van der Waals surface area (Å²) in [6.45, 7) is -0.301. The molecule has 0 unspecified atom stereocenters. The van der Waals surface area contributed by atoms with Crippen molar-refractivity contribution in [1.29, 1.82) is 0 Å². The van der Waals surface area contributed by atoms with Crippen LogP contribution in [0.3, 0.4) is 0 Å². The lowest BCUT2D eigenvalue weighted by atomic mass is 10.1. The third-order valence-corrected chi connectivity index (χ3v) is 6.23. The Morgan fingerprint density at radius 3 is 2.33 bits per heavy atom. The second-order valence-electron chi connectivity index (χ2n) is 8.03. The maximum Gasteiger partial charge on any atom is 0.335 e. The molecule has 4 rings (SSSR count). The molecule has 0 radical (unpaired) electrons. The summed E-state index contributed by atoms with van der Waals surface area (Å²) in [5.74, 6) is -0.943. The van der Waals surface area contributed by atoms with Crippen LogP contribution in [-0.2, 0) is 14.4 Å². The van der Waals surface area contributed by atoms with Crippen molar-refractivity contribution in [2.75, 3.05) is 31.0 Å². The molecule has 3 aromatic rings. The van der Waals surface area contributed by atoms with Gasteiger partial charge >= 0.3 is 6.03 Å². The summed E-state index contributed by atoms with van der Waals surface area (Å²) in [7, 11) is 2.95. The van der Waals surface area contributed by atoms with Gasteiger partial charge < -0.3 is 19.5 Å². The fraction of sp³-hybridized carbons (Fsp3) is 0.111. The molecule has 1 saturated heterocycles. The number of ether oxygens (including phenoxy) is 3. The SMILES string of the molecule is COc1ccc(NC(=O)COc2ccc(/C=C3/C(=O)NC(=O)N(c4ccc(Cl)c(Cl)c4)C3=O)cc2OC)cc1. The highest BCUT2D eigenvalue weighted by molar-refractivity contribution is 6.43. The Balaban J connectivity index is 1.50. The van der Waals surface area contributed by atoms with Gasteiger partial charge in [0.2, 0.25) is 0 Å². The van der Waals surface area contributed by atoms with Gasteiger partial charge in [0.1, 0.15) is 11.3 Å². The molecular weight excluding hydrogens is 549 g/mol. The van der Waals surface area contributed by atoms with E-state index >= 15 is 0 Å². The average Bonchev–Trinajstić information content (AvgIpc) is 2.92. The zero-order valence-corrected chi connectivity index (χ0v) is 22.1. The number of rotatable bonds is 8. The summed E-state index contributed by atoms with van der Waals surface area (Å²) in [5, 5.41) is 5.22. The van der Waals surface area contributed by atoms with Gasteiger partial charge in [-0.1, -0.05) is 29.3 Å². The summed E-state index contributed by atoms with van der Waals surface area (Å²) in [4.78, 5) is 51.1. The Bertz CT molecular complexity index is 1490. The quantitative estimate of drug-likeness (QED) is 0.298. The van der Waals surface area contributed by atoms with E-state index in [-0.39, 0.29) is 39.4 Å². The Morgan fingerprint density at radius 1 is 0.923 bits per heavy atom. The van der Waals surface area contributed by atoms with Gasteiger partial charge in [0.15, 0.2) is 18.1 Å². The van der Waals surface area contributed by atoms with E-state index in [4.69, 9.17) is 37.4 Å². The van der Waals surface area contributed by atoms with E-state index in [0.717, 1.165) is 4.90 Å². The molecule has 5 amide bonds. The fourth-order valence-corrected chi connectivity index (χ4v) is 3.88. The number of carbonyl (C=O) groups is 4. The number of amides is 5. The normalized spacial score (nSPS) is 14.2. The van der Waals surface area contributed by atoms with E-state index < -0.39 is 23.8 Å². The van der Waals surface area contributed by atoms with Gasteiger partial charge in [0.05, 0.1) is 30.0 Å². The van der Waals surface area contributed by atoms with Crippen LogP contribution < -0.4 is 29.7 Å². The number of methoxy groups -OCH3 is 2. The number of benzene rings is 3. The van der Waals surface area contributed by atoms with Gasteiger partial charge in [-0.2, -0.15) is 0 Å². The van der Waals surface area contributed by atoms with Crippen LogP contribution in [-0.4, -0.2) is 44.6 Å². The predicted octanol–water partition coefficient (Wildman–Crippen LogP) is 4.69. The molecule has 200 valence electrons. The first kappa shape index (κ1) is 27.5. The van der Waals surface area contributed by atoms with Crippen LogP contribution in [0.15, 0.2) is 66.2 Å². The molecular formula is C27H21Cl2N3O7. The minimum absolute atomic E-state index is 0.134. The Kier molecular flexibility index (Phi) is 8.38. The molecule has 1 heterocycles. The molecule has 1 fully saturated rings. The number of urea groups is 1. The standard InChI is InChI=1S/C27H21Cl2N3O7/c1-37-18-7-4-16(5-8-18)30-24(33)14-39-22-10-3-15(12-23(22)38-2)11-19-25(34)31-27(36)32(26(19)35)17-6-9-20(28)21(29)13-17/h3-13H,14H2,1-2H3,(H,30,33)(H,31,34,36)/b19-11-. The summed E-state index contributed by atoms with van der Waals surface area (Å²) in [6, 6.07) is 14.7. The third kappa shape index (κ3) is 6.31. The second-order valence-corrected chi connectivity index (χ2v) is 8.85. The molecule has 1 aliphatic rings. The number of hydrogen-bond donors (Lipinski definition) is 2. The van der Waals surface area contributed by atoms with E-state index in [1.54, 1.807) is 37.4 Å². The number of nitrogens with zero attached hydrogens (tertiary/aromatic N) is 1. The first-order chi connectivity index (χ1) is 18.7. The fourth-order valence-electron chi connectivity index (χ4n) is 3.59. The minimum atomic E-state index is -0.921. The molecule has 39 heavy (non-hydrogen) atoms. The number of barbiturate groups is 1. The zero-order chi connectivity index (χ0) is 28.1. The van der Waals surface area contributed by atoms with Crippen LogP contribution in [0.4, 0.5) is 16.2 Å². The van der Waals surface area contributed by atoms with Crippen LogP contribution in [0.2, 0.25) is 10.0 Å². The number of nitrogens with one attached hydrogen (secondary N) is 2.